The van der Waals surface area contributed by atoms with E-state index in [1.54, 1.807) is 18.3 Å². The molecule has 1 aromatic heterocycles. The van der Waals surface area contributed by atoms with Crippen LogP contribution in [0, 0.1) is 5.92 Å². The molecule has 1 heterocycles. The minimum Gasteiger partial charge on any atom is -0.398 e. The monoisotopic (exact) mass is 206 g/mol. The normalized spacial score (nSPS) is 26.5. The number of nitrogens with zero attached hydrogens (tertiary/aromatic N) is 1. The van der Waals surface area contributed by atoms with E-state index in [2.05, 4.69) is 6.92 Å². The predicted molar refractivity (Wildman–Crippen MR) is 61.8 cm³/mol. The number of nitrogen functional groups attached to an aromatic ring is 1. The average Bonchev–Trinajstić information content (AvgIpc) is 2.23. The van der Waals surface area contributed by atoms with E-state index in [9.17, 15) is 4.79 Å². The molecule has 0 aromatic carbocycles. The summed E-state index contributed by atoms with van der Waals surface area (Å²) in [5.41, 5.74) is 6.47. The molecule has 82 valence electrons. The summed E-state index contributed by atoms with van der Waals surface area (Å²) in [5.74, 6) is 0.582. The van der Waals surface area contributed by atoms with Crippen molar-refractivity contribution in [1.29, 1.82) is 0 Å². The second-order valence-corrected chi connectivity index (χ2v) is 4.54. The van der Waals surface area contributed by atoms with Crippen molar-refractivity contribution >= 4 is 5.69 Å². The van der Waals surface area contributed by atoms with Gasteiger partial charge in [0.15, 0.2) is 0 Å². The molecule has 1 aliphatic carbocycles. The lowest BCUT2D eigenvalue weighted by molar-refractivity contribution is 0.252. The molecule has 1 saturated carbocycles. The number of hydrogen-bond donors (Lipinski definition) is 1. The fourth-order valence-corrected chi connectivity index (χ4v) is 2.49. The molecule has 3 nitrogen and oxygen atoms in total. The van der Waals surface area contributed by atoms with Crippen LogP contribution in [0.3, 0.4) is 0 Å². The maximum Gasteiger partial charge on any atom is 0.250 e. The Hall–Kier alpha value is -1.25. The molecular weight excluding hydrogens is 188 g/mol. The van der Waals surface area contributed by atoms with Gasteiger partial charge in [0, 0.05) is 24.0 Å². The van der Waals surface area contributed by atoms with Crippen LogP contribution in [0.1, 0.15) is 38.6 Å². The third kappa shape index (κ3) is 2.06. The summed E-state index contributed by atoms with van der Waals surface area (Å²) in [6, 6.07) is 3.58. The highest BCUT2D eigenvalue weighted by molar-refractivity contribution is 5.33. The molecule has 2 N–H and O–H groups in total. The fourth-order valence-electron chi connectivity index (χ4n) is 2.49. The van der Waals surface area contributed by atoms with Crippen LogP contribution in [0.4, 0.5) is 5.69 Å². The van der Waals surface area contributed by atoms with Crippen LogP contribution in [0.25, 0.3) is 0 Å². The minimum absolute atomic E-state index is 0.0722. The molecule has 1 aliphatic rings. The third-order valence-corrected chi connectivity index (χ3v) is 3.38. The average molecular weight is 206 g/mol. The summed E-state index contributed by atoms with van der Waals surface area (Å²) >= 11 is 0. The van der Waals surface area contributed by atoms with Crippen molar-refractivity contribution in [2.45, 2.75) is 38.6 Å². The van der Waals surface area contributed by atoms with Gasteiger partial charge in [-0.25, -0.2) is 0 Å². The van der Waals surface area contributed by atoms with Crippen LogP contribution in [-0.4, -0.2) is 4.57 Å². The quantitative estimate of drug-likeness (QED) is 0.765. The molecule has 0 bridgehead atoms. The summed E-state index contributed by atoms with van der Waals surface area (Å²) in [7, 11) is 0. The number of aromatic nitrogens is 1. The second kappa shape index (κ2) is 4.09. The Labute approximate surface area is 89.9 Å². The van der Waals surface area contributed by atoms with Crippen molar-refractivity contribution in [3.63, 3.8) is 0 Å². The van der Waals surface area contributed by atoms with E-state index in [0.717, 1.165) is 6.42 Å². The van der Waals surface area contributed by atoms with Gasteiger partial charge in [0.2, 0.25) is 0 Å². The zero-order valence-electron chi connectivity index (χ0n) is 9.15. The van der Waals surface area contributed by atoms with Gasteiger partial charge in [0.25, 0.3) is 5.56 Å². The van der Waals surface area contributed by atoms with Gasteiger partial charge < -0.3 is 10.3 Å². The lowest BCUT2D eigenvalue weighted by Crippen LogP contribution is -2.30. The molecule has 0 radical (unpaired) electrons. The third-order valence-electron chi connectivity index (χ3n) is 3.38. The molecule has 3 heteroatoms. The standard InChI is InChI=1S/C12H18N2O/c1-9-4-2-3-5-11(9)14-8-10(13)6-7-12(14)15/h6-9,11H,2-5,13H2,1H3. The van der Waals surface area contributed by atoms with Crippen molar-refractivity contribution < 1.29 is 0 Å². The van der Waals surface area contributed by atoms with Gasteiger partial charge in [-0.1, -0.05) is 19.8 Å². The van der Waals surface area contributed by atoms with Crippen molar-refractivity contribution in [3.8, 4) is 0 Å². The van der Waals surface area contributed by atoms with Crippen LogP contribution >= 0.6 is 0 Å². The van der Waals surface area contributed by atoms with Gasteiger partial charge in [0.05, 0.1) is 0 Å². The van der Waals surface area contributed by atoms with Crippen molar-refractivity contribution in [1.82, 2.24) is 4.57 Å². The number of hydrogen-bond acceptors (Lipinski definition) is 2. The van der Waals surface area contributed by atoms with Crippen molar-refractivity contribution in [2.24, 2.45) is 5.92 Å². The molecular formula is C12H18N2O. The highest BCUT2D eigenvalue weighted by atomic mass is 16.1. The van der Waals surface area contributed by atoms with Crippen LogP contribution < -0.4 is 11.3 Å². The SMILES string of the molecule is CC1CCCCC1n1cc(N)ccc1=O. The number of pyridine rings is 1. The van der Waals surface area contributed by atoms with E-state index in [0.29, 0.717) is 17.6 Å². The van der Waals surface area contributed by atoms with E-state index in [-0.39, 0.29) is 5.56 Å². The topological polar surface area (TPSA) is 48.0 Å². The Morgan fingerprint density at radius 3 is 2.80 bits per heavy atom. The zero-order chi connectivity index (χ0) is 10.8. The lowest BCUT2D eigenvalue weighted by Gasteiger charge is -2.30. The zero-order valence-corrected chi connectivity index (χ0v) is 9.15. The van der Waals surface area contributed by atoms with Gasteiger partial charge in [-0.2, -0.15) is 0 Å². The second-order valence-electron chi connectivity index (χ2n) is 4.54. The highest BCUT2D eigenvalue weighted by Gasteiger charge is 2.23. The van der Waals surface area contributed by atoms with Gasteiger partial charge >= 0.3 is 0 Å². The van der Waals surface area contributed by atoms with Gasteiger partial charge in [-0.15, -0.1) is 0 Å². The summed E-state index contributed by atoms with van der Waals surface area (Å²) in [5, 5.41) is 0. The molecule has 15 heavy (non-hydrogen) atoms. The Balaban J connectivity index is 2.35. The largest absolute Gasteiger partial charge is 0.398 e. The van der Waals surface area contributed by atoms with Crippen molar-refractivity contribution in [3.05, 3.63) is 28.7 Å². The molecule has 1 fully saturated rings. The van der Waals surface area contributed by atoms with Crippen LogP contribution in [0.15, 0.2) is 23.1 Å². The van der Waals surface area contributed by atoms with E-state index < -0.39 is 0 Å². The summed E-state index contributed by atoms with van der Waals surface area (Å²) in [4.78, 5) is 11.7. The van der Waals surface area contributed by atoms with E-state index in [4.69, 9.17) is 5.73 Å². The number of rotatable bonds is 1. The Morgan fingerprint density at radius 1 is 1.33 bits per heavy atom. The number of anilines is 1. The highest BCUT2D eigenvalue weighted by Crippen LogP contribution is 2.32. The Bertz CT molecular complexity index is 397. The molecule has 0 amide bonds. The van der Waals surface area contributed by atoms with Gasteiger partial charge in [-0.05, 0) is 24.8 Å². The van der Waals surface area contributed by atoms with Gasteiger partial charge in [0.1, 0.15) is 0 Å². The van der Waals surface area contributed by atoms with Crippen molar-refractivity contribution in [2.75, 3.05) is 5.73 Å². The Kier molecular flexibility index (Phi) is 2.80. The minimum atomic E-state index is 0.0722. The van der Waals surface area contributed by atoms with E-state index in [1.807, 2.05) is 4.57 Å². The molecule has 0 spiro atoms. The first-order chi connectivity index (χ1) is 7.18. The molecule has 0 aliphatic heterocycles. The summed E-state index contributed by atoms with van der Waals surface area (Å²) < 4.78 is 1.82. The Morgan fingerprint density at radius 2 is 2.07 bits per heavy atom. The first-order valence-electron chi connectivity index (χ1n) is 5.66. The molecule has 1 aromatic rings. The maximum absolute atomic E-state index is 11.7. The summed E-state index contributed by atoms with van der Waals surface area (Å²) in [6.45, 7) is 2.22. The van der Waals surface area contributed by atoms with Crippen LogP contribution in [-0.2, 0) is 0 Å². The van der Waals surface area contributed by atoms with E-state index >= 15 is 0 Å². The first-order valence-corrected chi connectivity index (χ1v) is 5.66. The predicted octanol–water partition coefficient (Wildman–Crippen LogP) is 2.18. The molecule has 2 atom stereocenters. The maximum atomic E-state index is 11.7. The fraction of sp³-hybridized carbons (Fsp3) is 0.583. The first kappa shape index (κ1) is 10.3. The lowest BCUT2D eigenvalue weighted by atomic mass is 9.85. The summed E-state index contributed by atoms with van der Waals surface area (Å²) in [6.07, 6.45) is 6.61. The molecule has 2 unspecified atom stereocenters. The smallest absolute Gasteiger partial charge is 0.250 e. The number of nitrogens with two attached hydrogens (primary N) is 1. The molecule has 2 rings (SSSR count). The van der Waals surface area contributed by atoms with E-state index in [1.165, 1.54) is 19.3 Å². The van der Waals surface area contributed by atoms with Gasteiger partial charge in [-0.3, -0.25) is 4.79 Å². The van der Waals surface area contributed by atoms with Crippen LogP contribution in [0.2, 0.25) is 0 Å². The molecule has 0 saturated heterocycles. The van der Waals surface area contributed by atoms with Crippen LogP contribution in [0.5, 0.6) is 0 Å².